The van der Waals surface area contributed by atoms with Crippen molar-refractivity contribution in [3.8, 4) is 0 Å². The Morgan fingerprint density at radius 3 is 2.94 bits per heavy atom. The zero-order valence-electron chi connectivity index (χ0n) is 10.8. The monoisotopic (exact) mass is 284 g/mol. The molecule has 3 N–H and O–H groups in total. The van der Waals surface area contributed by atoms with Gasteiger partial charge in [0.25, 0.3) is 0 Å². The standard InChI is InChI=1S/C13H20N2OS2/c1-3-10-12(18-5-4-17-10)11(16)9-6-8(2)7-15-13(9)14/h6-7,10-12,16H,3-5H2,1-2H3,(H2,14,15). The van der Waals surface area contributed by atoms with E-state index in [1.165, 1.54) is 5.75 Å². The van der Waals surface area contributed by atoms with Gasteiger partial charge in [-0.05, 0) is 25.0 Å². The van der Waals surface area contributed by atoms with Crippen LogP contribution in [0.5, 0.6) is 0 Å². The average molecular weight is 284 g/mol. The second-order valence-corrected chi connectivity index (χ2v) is 7.22. The Morgan fingerprint density at radius 2 is 2.22 bits per heavy atom. The van der Waals surface area contributed by atoms with Gasteiger partial charge >= 0.3 is 0 Å². The summed E-state index contributed by atoms with van der Waals surface area (Å²) in [7, 11) is 0. The number of nitrogens with two attached hydrogens (primary N) is 1. The van der Waals surface area contributed by atoms with Gasteiger partial charge in [-0.1, -0.05) is 6.92 Å². The van der Waals surface area contributed by atoms with Gasteiger partial charge in [0.2, 0.25) is 0 Å². The SMILES string of the molecule is CCC1SCCSC1C(O)c1cc(C)cnc1N. The molecule has 0 radical (unpaired) electrons. The highest BCUT2D eigenvalue weighted by Gasteiger charge is 2.33. The average Bonchev–Trinajstić information content (AvgIpc) is 2.40. The predicted octanol–water partition coefficient (Wildman–Crippen LogP) is 2.63. The van der Waals surface area contributed by atoms with Crippen molar-refractivity contribution in [3.63, 3.8) is 0 Å². The molecule has 1 aromatic rings. The maximum Gasteiger partial charge on any atom is 0.129 e. The molecule has 1 aromatic heterocycles. The molecule has 3 atom stereocenters. The fraction of sp³-hybridized carbons (Fsp3) is 0.615. The minimum atomic E-state index is -0.514. The predicted molar refractivity (Wildman–Crippen MR) is 81.1 cm³/mol. The number of thioether (sulfide) groups is 2. The number of nitrogens with zero attached hydrogens (tertiary/aromatic N) is 1. The summed E-state index contributed by atoms with van der Waals surface area (Å²) in [5.74, 6) is 2.73. The van der Waals surface area contributed by atoms with E-state index in [2.05, 4.69) is 11.9 Å². The molecule has 2 rings (SSSR count). The van der Waals surface area contributed by atoms with Crippen LogP contribution in [0.1, 0.15) is 30.6 Å². The first-order valence-corrected chi connectivity index (χ1v) is 8.36. The minimum absolute atomic E-state index is 0.222. The van der Waals surface area contributed by atoms with Crippen molar-refractivity contribution in [2.24, 2.45) is 0 Å². The molecule has 2 heterocycles. The Balaban J connectivity index is 2.23. The lowest BCUT2D eigenvalue weighted by atomic mass is 10.0. The van der Waals surface area contributed by atoms with Gasteiger partial charge in [-0.15, -0.1) is 0 Å². The molecule has 0 aromatic carbocycles. The molecule has 18 heavy (non-hydrogen) atoms. The number of hydrogen-bond donors (Lipinski definition) is 2. The molecule has 1 saturated heterocycles. The molecule has 1 aliphatic rings. The molecule has 100 valence electrons. The van der Waals surface area contributed by atoms with Crippen molar-refractivity contribution >= 4 is 29.3 Å². The molecule has 3 unspecified atom stereocenters. The number of pyridine rings is 1. The highest BCUT2D eigenvalue weighted by atomic mass is 32.2. The third-order valence-corrected chi connectivity index (χ3v) is 6.55. The molecular weight excluding hydrogens is 264 g/mol. The van der Waals surface area contributed by atoms with E-state index >= 15 is 0 Å². The van der Waals surface area contributed by atoms with Gasteiger partial charge in [0.05, 0.1) is 6.10 Å². The first-order valence-electron chi connectivity index (χ1n) is 6.26. The van der Waals surface area contributed by atoms with Crippen molar-refractivity contribution in [2.75, 3.05) is 17.2 Å². The number of rotatable bonds is 3. The van der Waals surface area contributed by atoms with Crippen LogP contribution in [0.2, 0.25) is 0 Å². The van der Waals surface area contributed by atoms with E-state index < -0.39 is 6.10 Å². The first-order chi connectivity index (χ1) is 8.63. The molecule has 3 nitrogen and oxygen atoms in total. The van der Waals surface area contributed by atoms with Gasteiger partial charge in [0.1, 0.15) is 5.82 Å². The van der Waals surface area contributed by atoms with Crippen LogP contribution >= 0.6 is 23.5 Å². The highest BCUT2D eigenvalue weighted by Crippen LogP contribution is 2.41. The third-order valence-electron chi connectivity index (χ3n) is 3.21. The first kappa shape index (κ1) is 14.0. The lowest BCUT2D eigenvalue weighted by molar-refractivity contribution is 0.172. The van der Waals surface area contributed by atoms with Crippen LogP contribution in [0, 0.1) is 6.92 Å². The van der Waals surface area contributed by atoms with E-state index in [4.69, 9.17) is 5.73 Å². The summed E-state index contributed by atoms with van der Waals surface area (Å²) in [6, 6.07) is 1.96. The fourth-order valence-corrected chi connectivity index (χ4v) is 5.37. The van der Waals surface area contributed by atoms with Crippen LogP contribution in [0.4, 0.5) is 5.82 Å². The Bertz CT molecular complexity index is 414. The van der Waals surface area contributed by atoms with Gasteiger partial charge in [-0.25, -0.2) is 4.98 Å². The molecule has 1 aliphatic heterocycles. The summed E-state index contributed by atoms with van der Waals surface area (Å²) in [6.07, 6.45) is 2.31. The number of aryl methyl sites for hydroxylation is 1. The fourth-order valence-electron chi connectivity index (χ4n) is 2.25. The van der Waals surface area contributed by atoms with Crippen LogP contribution in [0.15, 0.2) is 12.3 Å². The number of hydrogen-bond acceptors (Lipinski definition) is 5. The summed E-state index contributed by atoms with van der Waals surface area (Å²) < 4.78 is 0. The number of aliphatic hydroxyl groups excluding tert-OH is 1. The van der Waals surface area contributed by atoms with E-state index in [0.29, 0.717) is 11.1 Å². The molecule has 1 fully saturated rings. The smallest absolute Gasteiger partial charge is 0.129 e. The molecular formula is C13H20N2OS2. The minimum Gasteiger partial charge on any atom is -0.387 e. The van der Waals surface area contributed by atoms with E-state index in [1.807, 2.05) is 36.5 Å². The third kappa shape index (κ3) is 2.95. The lowest BCUT2D eigenvalue weighted by Crippen LogP contribution is -2.31. The van der Waals surface area contributed by atoms with Crippen LogP contribution in [0.25, 0.3) is 0 Å². The summed E-state index contributed by atoms with van der Waals surface area (Å²) in [5.41, 5.74) is 7.72. The van der Waals surface area contributed by atoms with Crippen molar-refractivity contribution in [2.45, 2.75) is 36.9 Å². The summed E-state index contributed by atoms with van der Waals surface area (Å²) >= 11 is 3.82. The zero-order chi connectivity index (χ0) is 13.1. The molecule has 0 saturated carbocycles. The number of anilines is 1. The van der Waals surface area contributed by atoms with Gasteiger partial charge in [0.15, 0.2) is 0 Å². The van der Waals surface area contributed by atoms with E-state index in [1.54, 1.807) is 6.20 Å². The van der Waals surface area contributed by atoms with Crippen molar-refractivity contribution in [3.05, 3.63) is 23.4 Å². The molecule has 0 spiro atoms. The van der Waals surface area contributed by atoms with Gasteiger partial charge < -0.3 is 10.8 Å². The van der Waals surface area contributed by atoms with Gasteiger partial charge in [0, 0.05) is 33.8 Å². The summed E-state index contributed by atoms with van der Waals surface area (Å²) in [4.78, 5) is 4.15. The molecule has 0 aliphatic carbocycles. The number of nitrogen functional groups attached to an aromatic ring is 1. The van der Waals surface area contributed by atoms with Crippen LogP contribution in [-0.2, 0) is 0 Å². The van der Waals surface area contributed by atoms with Gasteiger partial charge in [-0.2, -0.15) is 23.5 Å². The Kier molecular flexibility index (Phi) is 4.81. The maximum absolute atomic E-state index is 10.6. The largest absolute Gasteiger partial charge is 0.387 e. The maximum atomic E-state index is 10.6. The topological polar surface area (TPSA) is 59.1 Å². The molecule has 0 amide bonds. The second kappa shape index (κ2) is 6.17. The van der Waals surface area contributed by atoms with Crippen molar-refractivity contribution in [1.29, 1.82) is 0 Å². The van der Waals surface area contributed by atoms with Crippen LogP contribution < -0.4 is 5.73 Å². The lowest BCUT2D eigenvalue weighted by Gasteiger charge is -2.33. The quantitative estimate of drug-likeness (QED) is 0.893. The van der Waals surface area contributed by atoms with Crippen LogP contribution in [-0.4, -0.2) is 32.1 Å². The molecule has 0 bridgehead atoms. The van der Waals surface area contributed by atoms with E-state index in [9.17, 15) is 5.11 Å². The van der Waals surface area contributed by atoms with E-state index in [-0.39, 0.29) is 5.25 Å². The van der Waals surface area contributed by atoms with Gasteiger partial charge in [-0.3, -0.25) is 0 Å². The normalized spacial score (nSPS) is 25.9. The van der Waals surface area contributed by atoms with E-state index in [0.717, 1.165) is 23.3 Å². The second-order valence-electron chi connectivity index (χ2n) is 4.58. The summed E-state index contributed by atoms with van der Waals surface area (Å²) in [5, 5.41) is 11.3. The van der Waals surface area contributed by atoms with Crippen molar-refractivity contribution in [1.82, 2.24) is 4.98 Å². The van der Waals surface area contributed by atoms with Crippen LogP contribution in [0.3, 0.4) is 0 Å². The Hall–Kier alpha value is -0.390. The number of aliphatic hydroxyl groups is 1. The number of aromatic nitrogens is 1. The zero-order valence-corrected chi connectivity index (χ0v) is 12.4. The Morgan fingerprint density at radius 1 is 1.50 bits per heavy atom. The Labute approximate surface area is 117 Å². The molecule has 5 heteroatoms. The highest BCUT2D eigenvalue weighted by molar-refractivity contribution is 8.07. The van der Waals surface area contributed by atoms with Crippen molar-refractivity contribution < 1.29 is 5.11 Å². The summed E-state index contributed by atoms with van der Waals surface area (Å²) in [6.45, 7) is 4.16.